The molecule has 2 rings (SSSR count). The average molecular weight is 225 g/mol. The number of aldehydes is 1. The molecule has 0 bridgehead atoms. The van der Waals surface area contributed by atoms with Crippen LogP contribution in [0.25, 0.3) is 11.5 Å². The summed E-state index contributed by atoms with van der Waals surface area (Å²) < 4.78 is 4.50. The second-order valence-corrected chi connectivity index (χ2v) is 3.11. The summed E-state index contributed by atoms with van der Waals surface area (Å²) in [7, 11) is 0. The fourth-order valence-electron chi connectivity index (χ4n) is 0.998. The van der Waals surface area contributed by atoms with Crippen molar-refractivity contribution in [3.8, 4) is 11.5 Å². The van der Waals surface area contributed by atoms with E-state index < -0.39 is 0 Å². The minimum Gasteiger partial charge on any atom is -0.298 e. The lowest BCUT2D eigenvalue weighted by molar-refractivity contribution is 0.112. The Labute approximate surface area is 89.3 Å². The molecule has 0 aromatic carbocycles. The minimum atomic E-state index is 0.0809. The summed E-state index contributed by atoms with van der Waals surface area (Å²) in [5, 5.41) is 7.29. The zero-order valence-corrected chi connectivity index (χ0v) is 8.39. The second kappa shape index (κ2) is 3.74. The Balaban J connectivity index is 2.52. The number of carbonyl (C=O) groups is 1. The number of carbonyl (C=O) groups excluding carboxylic acids is 1. The maximum absolute atomic E-state index is 10.5. The molecule has 6 nitrogen and oxygen atoms in total. The van der Waals surface area contributed by atoms with E-state index in [2.05, 4.69) is 24.9 Å². The maximum atomic E-state index is 10.5. The summed E-state index contributed by atoms with van der Waals surface area (Å²) in [5.74, 6) is 0.282. The fourth-order valence-corrected chi connectivity index (χ4v) is 1.17. The number of aryl methyl sites for hydroxylation is 1. The molecule has 0 saturated heterocycles. The molecule has 2 aromatic rings. The van der Waals surface area contributed by atoms with E-state index in [-0.39, 0.29) is 16.5 Å². The molecule has 0 fully saturated rings. The Kier molecular flexibility index (Phi) is 2.42. The third-order valence-corrected chi connectivity index (χ3v) is 2.06. The van der Waals surface area contributed by atoms with Gasteiger partial charge in [-0.1, -0.05) is 16.8 Å². The molecule has 76 valence electrons. The standard InChI is InChI=1S/C8H5ClN4O2/c1-4-6(13-15-12-4)8-10-2-5(3-14)7(9)11-8/h2-3H,1H3. The molecular formula is C8H5ClN4O2. The lowest BCUT2D eigenvalue weighted by Crippen LogP contribution is -1.95. The molecule has 0 radical (unpaired) electrons. The monoisotopic (exact) mass is 224 g/mol. The second-order valence-electron chi connectivity index (χ2n) is 2.76. The summed E-state index contributed by atoms with van der Waals surface area (Å²) in [5.41, 5.74) is 1.20. The molecule has 0 unspecified atom stereocenters. The van der Waals surface area contributed by atoms with Crippen LogP contribution in [0.1, 0.15) is 16.1 Å². The first kappa shape index (κ1) is 9.72. The Morgan fingerprint density at radius 2 is 2.27 bits per heavy atom. The summed E-state index contributed by atoms with van der Waals surface area (Å²) in [6.07, 6.45) is 1.91. The van der Waals surface area contributed by atoms with Gasteiger partial charge in [0.1, 0.15) is 10.8 Å². The SMILES string of the molecule is Cc1nonc1-c1ncc(C=O)c(Cl)n1. The molecule has 0 atom stereocenters. The zero-order chi connectivity index (χ0) is 10.8. The van der Waals surface area contributed by atoms with Gasteiger partial charge in [0.25, 0.3) is 0 Å². The van der Waals surface area contributed by atoms with Crippen molar-refractivity contribution >= 4 is 17.9 Å². The number of nitrogens with zero attached hydrogens (tertiary/aromatic N) is 4. The molecule has 0 saturated carbocycles. The lowest BCUT2D eigenvalue weighted by Gasteiger charge is -1.97. The van der Waals surface area contributed by atoms with Crippen molar-refractivity contribution in [3.05, 3.63) is 22.6 Å². The highest BCUT2D eigenvalue weighted by Gasteiger charge is 2.13. The van der Waals surface area contributed by atoms with Gasteiger partial charge in [0.05, 0.1) is 5.56 Å². The van der Waals surface area contributed by atoms with Gasteiger partial charge < -0.3 is 0 Å². The Morgan fingerprint density at radius 1 is 1.47 bits per heavy atom. The third kappa shape index (κ3) is 1.71. The minimum absolute atomic E-state index is 0.0809. The smallest absolute Gasteiger partial charge is 0.185 e. The molecule has 2 aromatic heterocycles. The predicted octanol–water partition coefficient (Wildman–Crippen LogP) is 1.30. The first-order valence-electron chi connectivity index (χ1n) is 3.99. The summed E-state index contributed by atoms with van der Waals surface area (Å²) in [6.45, 7) is 1.71. The van der Waals surface area contributed by atoms with E-state index in [1.54, 1.807) is 6.92 Å². The first-order valence-corrected chi connectivity index (χ1v) is 4.37. The van der Waals surface area contributed by atoms with Crippen LogP contribution in [0.15, 0.2) is 10.8 Å². The van der Waals surface area contributed by atoms with Gasteiger partial charge in [0.15, 0.2) is 17.8 Å². The van der Waals surface area contributed by atoms with Crippen molar-refractivity contribution in [2.24, 2.45) is 0 Å². The largest absolute Gasteiger partial charge is 0.298 e. The molecular weight excluding hydrogens is 220 g/mol. The highest BCUT2D eigenvalue weighted by atomic mass is 35.5. The van der Waals surface area contributed by atoms with E-state index in [0.717, 1.165) is 0 Å². The highest BCUT2D eigenvalue weighted by molar-refractivity contribution is 6.31. The van der Waals surface area contributed by atoms with Crippen LogP contribution in [-0.4, -0.2) is 26.6 Å². The average Bonchev–Trinajstić information content (AvgIpc) is 2.64. The van der Waals surface area contributed by atoms with Crippen molar-refractivity contribution < 1.29 is 9.42 Å². The predicted molar refractivity (Wildman–Crippen MR) is 50.5 cm³/mol. The zero-order valence-electron chi connectivity index (χ0n) is 7.64. The van der Waals surface area contributed by atoms with Gasteiger partial charge >= 0.3 is 0 Å². The maximum Gasteiger partial charge on any atom is 0.185 e. The number of hydrogen-bond acceptors (Lipinski definition) is 6. The van der Waals surface area contributed by atoms with Crippen LogP contribution >= 0.6 is 11.6 Å². The Hall–Kier alpha value is -1.82. The van der Waals surface area contributed by atoms with Gasteiger partial charge in [0, 0.05) is 6.20 Å². The summed E-state index contributed by atoms with van der Waals surface area (Å²) in [4.78, 5) is 18.3. The van der Waals surface area contributed by atoms with E-state index in [1.807, 2.05) is 0 Å². The summed E-state index contributed by atoms with van der Waals surface area (Å²) >= 11 is 5.74. The number of aromatic nitrogens is 4. The molecule has 0 aliphatic heterocycles. The normalized spacial score (nSPS) is 10.3. The van der Waals surface area contributed by atoms with Gasteiger partial charge in [-0.2, -0.15) is 0 Å². The lowest BCUT2D eigenvalue weighted by atomic mass is 10.3. The Bertz CT molecular complexity index is 511. The van der Waals surface area contributed by atoms with Crippen LogP contribution in [0, 0.1) is 6.92 Å². The van der Waals surface area contributed by atoms with Crippen LogP contribution in [0.3, 0.4) is 0 Å². The van der Waals surface area contributed by atoms with Crippen LogP contribution in [0.2, 0.25) is 5.15 Å². The molecule has 0 aliphatic carbocycles. The van der Waals surface area contributed by atoms with Gasteiger partial charge in [-0.05, 0) is 12.1 Å². The third-order valence-electron chi connectivity index (χ3n) is 1.76. The molecule has 0 aliphatic rings. The van der Waals surface area contributed by atoms with Crippen LogP contribution in [-0.2, 0) is 0 Å². The molecule has 0 amide bonds. The molecule has 7 heteroatoms. The van der Waals surface area contributed by atoms with Crippen molar-refractivity contribution in [2.75, 3.05) is 0 Å². The highest BCUT2D eigenvalue weighted by Crippen LogP contribution is 2.18. The van der Waals surface area contributed by atoms with Crippen molar-refractivity contribution in [3.63, 3.8) is 0 Å². The first-order chi connectivity index (χ1) is 7.22. The molecule has 15 heavy (non-hydrogen) atoms. The van der Waals surface area contributed by atoms with Crippen LogP contribution in [0.4, 0.5) is 0 Å². The fraction of sp³-hybridized carbons (Fsp3) is 0.125. The van der Waals surface area contributed by atoms with E-state index in [9.17, 15) is 4.79 Å². The number of rotatable bonds is 2. The van der Waals surface area contributed by atoms with Crippen molar-refractivity contribution in [2.45, 2.75) is 6.92 Å². The molecule has 2 heterocycles. The van der Waals surface area contributed by atoms with E-state index in [4.69, 9.17) is 11.6 Å². The summed E-state index contributed by atoms with van der Waals surface area (Å²) in [6, 6.07) is 0. The van der Waals surface area contributed by atoms with Crippen LogP contribution < -0.4 is 0 Å². The number of halogens is 1. The number of hydrogen-bond donors (Lipinski definition) is 0. The van der Waals surface area contributed by atoms with Crippen molar-refractivity contribution in [1.82, 2.24) is 20.3 Å². The van der Waals surface area contributed by atoms with Gasteiger partial charge in [0.2, 0.25) is 0 Å². The van der Waals surface area contributed by atoms with E-state index in [1.165, 1.54) is 6.20 Å². The van der Waals surface area contributed by atoms with Gasteiger partial charge in [-0.25, -0.2) is 14.6 Å². The van der Waals surface area contributed by atoms with E-state index in [0.29, 0.717) is 17.7 Å². The van der Waals surface area contributed by atoms with Gasteiger partial charge in [-0.3, -0.25) is 4.79 Å². The van der Waals surface area contributed by atoms with Crippen molar-refractivity contribution in [1.29, 1.82) is 0 Å². The molecule has 0 spiro atoms. The van der Waals surface area contributed by atoms with E-state index >= 15 is 0 Å². The Morgan fingerprint density at radius 3 is 2.80 bits per heavy atom. The topological polar surface area (TPSA) is 81.8 Å². The quantitative estimate of drug-likeness (QED) is 0.565. The van der Waals surface area contributed by atoms with Crippen LogP contribution in [0.5, 0.6) is 0 Å². The van der Waals surface area contributed by atoms with Gasteiger partial charge in [-0.15, -0.1) is 0 Å². The molecule has 0 N–H and O–H groups in total.